The fourth-order valence-electron chi connectivity index (χ4n) is 2.50. The van der Waals surface area contributed by atoms with Gasteiger partial charge in [0.25, 0.3) is 0 Å². The zero-order valence-electron chi connectivity index (χ0n) is 12.4. The standard InChI is InChI=1S/C14H22N2O4S/c1-11-5-6-14(20-2)13(8-11)15-21(18,19)16-7-3-4-12(9-16)10-17/h5-6,8,12,15,17H,3-4,7,9-10H2,1-2H3. The van der Waals surface area contributed by atoms with Crippen LogP contribution in [-0.2, 0) is 10.2 Å². The smallest absolute Gasteiger partial charge is 0.301 e. The summed E-state index contributed by atoms with van der Waals surface area (Å²) in [5.41, 5.74) is 1.38. The molecule has 118 valence electrons. The number of aliphatic hydroxyl groups excluding tert-OH is 1. The Morgan fingerprint density at radius 2 is 2.24 bits per heavy atom. The van der Waals surface area contributed by atoms with Crippen molar-refractivity contribution in [3.8, 4) is 5.75 Å². The van der Waals surface area contributed by atoms with Crippen LogP contribution in [0, 0.1) is 12.8 Å². The number of ether oxygens (including phenoxy) is 1. The third-order valence-electron chi connectivity index (χ3n) is 3.67. The molecular formula is C14H22N2O4S. The average Bonchev–Trinajstić information content (AvgIpc) is 2.47. The van der Waals surface area contributed by atoms with E-state index in [-0.39, 0.29) is 12.5 Å². The van der Waals surface area contributed by atoms with Crippen LogP contribution in [0.4, 0.5) is 5.69 Å². The van der Waals surface area contributed by atoms with Crippen LogP contribution in [0.1, 0.15) is 18.4 Å². The summed E-state index contributed by atoms with van der Waals surface area (Å²) < 4.78 is 34.1. The second kappa shape index (κ2) is 6.64. The number of hydrogen-bond donors (Lipinski definition) is 2. The van der Waals surface area contributed by atoms with Crippen molar-refractivity contribution in [1.82, 2.24) is 4.31 Å². The summed E-state index contributed by atoms with van der Waals surface area (Å²) in [6.07, 6.45) is 1.62. The highest BCUT2D eigenvalue weighted by Crippen LogP contribution is 2.28. The first-order valence-corrected chi connectivity index (χ1v) is 8.43. The summed E-state index contributed by atoms with van der Waals surface area (Å²) in [4.78, 5) is 0. The highest BCUT2D eigenvalue weighted by atomic mass is 32.2. The van der Waals surface area contributed by atoms with Crippen molar-refractivity contribution >= 4 is 15.9 Å². The molecule has 1 atom stereocenters. The zero-order chi connectivity index (χ0) is 15.5. The van der Waals surface area contributed by atoms with Gasteiger partial charge in [-0.25, -0.2) is 0 Å². The van der Waals surface area contributed by atoms with Crippen molar-refractivity contribution < 1.29 is 18.3 Å². The molecule has 0 saturated carbocycles. The quantitative estimate of drug-likeness (QED) is 0.860. The second-order valence-electron chi connectivity index (χ2n) is 5.36. The van der Waals surface area contributed by atoms with Gasteiger partial charge in [-0.15, -0.1) is 0 Å². The number of aliphatic hydroxyl groups is 1. The van der Waals surface area contributed by atoms with Gasteiger partial charge in [-0.2, -0.15) is 12.7 Å². The molecule has 0 amide bonds. The average molecular weight is 314 g/mol. The van der Waals surface area contributed by atoms with E-state index < -0.39 is 10.2 Å². The molecule has 6 nitrogen and oxygen atoms in total. The van der Waals surface area contributed by atoms with Gasteiger partial charge in [-0.05, 0) is 43.4 Å². The first-order valence-electron chi connectivity index (χ1n) is 6.99. The molecule has 0 bridgehead atoms. The molecule has 21 heavy (non-hydrogen) atoms. The Bertz CT molecular complexity index is 589. The van der Waals surface area contributed by atoms with Crippen molar-refractivity contribution in [2.75, 3.05) is 31.5 Å². The lowest BCUT2D eigenvalue weighted by atomic mass is 10.0. The number of hydrogen-bond acceptors (Lipinski definition) is 4. The fourth-order valence-corrected chi connectivity index (χ4v) is 3.84. The summed E-state index contributed by atoms with van der Waals surface area (Å²) >= 11 is 0. The van der Waals surface area contributed by atoms with Crippen LogP contribution in [0.2, 0.25) is 0 Å². The zero-order valence-corrected chi connectivity index (χ0v) is 13.2. The molecule has 1 aliphatic rings. The van der Waals surface area contributed by atoms with E-state index in [4.69, 9.17) is 4.74 Å². The molecule has 2 rings (SSSR count). The third kappa shape index (κ3) is 3.87. The summed E-state index contributed by atoms with van der Waals surface area (Å²) in [6, 6.07) is 5.34. The monoisotopic (exact) mass is 314 g/mol. The van der Waals surface area contributed by atoms with Crippen LogP contribution in [0.3, 0.4) is 0 Å². The lowest BCUT2D eigenvalue weighted by Gasteiger charge is -2.31. The van der Waals surface area contributed by atoms with Crippen molar-refractivity contribution in [2.45, 2.75) is 19.8 Å². The predicted octanol–water partition coefficient (Wildman–Crippen LogP) is 1.36. The van der Waals surface area contributed by atoms with E-state index in [1.165, 1.54) is 11.4 Å². The second-order valence-corrected chi connectivity index (χ2v) is 7.03. The number of nitrogens with one attached hydrogen (secondary N) is 1. The number of piperidine rings is 1. The molecule has 1 heterocycles. The van der Waals surface area contributed by atoms with E-state index in [9.17, 15) is 13.5 Å². The normalized spacial score (nSPS) is 20.2. The minimum Gasteiger partial charge on any atom is -0.495 e. The molecule has 7 heteroatoms. The molecule has 1 unspecified atom stereocenters. The number of aryl methyl sites for hydroxylation is 1. The Hall–Kier alpha value is -1.31. The van der Waals surface area contributed by atoms with Crippen LogP contribution in [-0.4, -0.2) is 44.6 Å². The Kier molecular flexibility index (Phi) is 5.08. The molecule has 1 aliphatic heterocycles. The highest BCUT2D eigenvalue weighted by molar-refractivity contribution is 7.90. The molecule has 1 saturated heterocycles. The van der Waals surface area contributed by atoms with Gasteiger partial charge in [0.05, 0.1) is 12.8 Å². The lowest BCUT2D eigenvalue weighted by molar-refractivity contribution is 0.166. The van der Waals surface area contributed by atoms with Gasteiger partial charge in [-0.3, -0.25) is 4.72 Å². The number of benzene rings is 1. The molecule has 1 fully saturated rings. The maximum atomic E-state index is 12.5. The van der Waals surface area contributed by atoms with Crippen molar-refractivity contribution in [1.29, 1.82) is 0 Å². The largest absolute Gasteiger partial charge is 0.495 e. The van der Waals surface area contributed by atoms with Gasteiger partial charge in [0.15, 0.2) is 0 Å². The van der Waals surface area contributed by atoms with E-state index >= 15 is 0 Å². The summed E-state index contributed by atoms with van der Waals surface area (Å²) in [5.74, 6) is 0.495. The third-order valence-corrected chi connectivity index (χ3v) is 5.16. The van der Waals surface area contributed by atoms with Gasteiger partial charge >= 0.3 is 10.2 Å². The molecule has 1 aromatic rings. The van der Waals surface area contributed by atoms with Gasteiger partial charge in [0.2, 0.25) is 0 Å². The first kappa shape index (κ1) is 16.1. The van der Waals surface area contributed by atoms with Crippen LogP contribution in [0.5, 0.6) is 5.75 Å². The first-order chi connectivity index (χ1) is 9.96. The topological polar surface area (TPSA) is 78.9 Å². The van der Waals surface area contributed by atoms with E-state index in [1.54, 1.807) is 12.1 Å². The predicted molar refractivity (Wildman–Crippen MR) is 81.7 cm³/mol. The van der Waals surface area contributed by atoms with Crippen LogP contribution >= 0.6 is 0 Å². The van der Waals surface area contributed by atoms with Crippen LogP contribution < -0.4 is 9.46 Å². The van der Waals surface area contributed by atoms with Crippen LogP contribution in [0.15, 0.2) is 18.2 Å². The molecule has 1 aromatic carbocycles. The Labute approximate surface area is 125 Å². The molecule has 2 N–H and O–H groups in total. The molecule has 0 aliphatic carbocycles. The maximum Gasteiger partial charge on any atom is 0.301 e. The maximum absolute atomic E-state index is 12.5. The van der Waals surface area contributed by atoms with E-state index in [0.29, 0.717) is 24.5 Å². The number of methoxy groups -OCH3 is 1. The summed E-state index contributed by atoms with van der Waals surface area (Å²) in [7, 11) is -2.13. The van der Waals surface area contributed by atoms with Crippen LogP contribution in [0.25, 0.3) is 0 Å². The molecule has 0 radical (unpaired) electrons. The number of nitrogens with zero attached hydrogens (tertiary/aromatic N) is 1. The van der Waals surface area contributed by atoms with E-state index in [2.05, 4.69) is 4.72 Å². The molecule has 0 aromatic heterocycles. The van der Waals surface area contributed by atoms with Gasteiger partial charge in [-0.1, -0.05) is 6.07 Å². The van der Waals surface area contributed by atoms with E-state index in [1.807, 2.05) is 13.0 Å². The van der Waals surface area contributed by atoms with Gasteiger partial charge < -0.3 is 9.84 Å². The fraction of sp³-hybridized carbons (Fsp3) is 0.571. The lowest BCUT2D eigenvalue weighted by Crippen LogP contribution is -2.43. The molecule has 0 spiro atoms. The minimum absolute atomic E-state index is 0.00901. The SMILES string of the molecule is COc1ccc(C)cc1NS(=O)(=O)N1CCCC(CO)C1. The van der Waals surface area contributed by atoms with E-state index in [0.717, 1.165) is 18.4 Å². The minimum atomic E-state index is -3.64. The Morgan fingerprint density at radius 1 is 1.48 bits per heavy atom. The summed E-state index contributed by atoms with van der Waals surface area (Å²) in [6.45, 7) is 2.72. The number of anilines is 1. The molecular weight excluding hydrogens is 292 g/mol. The Morgan fingerprint density at radius 3 is 2.90 bits per heavy atom. The van der Waals surface area contributed by atoms with Gasteiger partial charge in [0, 0.05) is 19.7 Å². The summed E-state index contributed by atoms with van der Waals surface area (Å²) in [5, 5.41) is 9.22. The number of rotatable bonds is 5. The van der Waals surface area contributed by atoms with Crippen molar-refractivity contribution in [3.63, 3.8) is 0 Å². The highest BCUT2D eigenvalue weighted by Gasteiger charge is 2.29. The van der Waals surface area contributed by atoms with Crippen molar-refractivity contribution in [2.24, 2.45) is 5.92 Å². The van der Waals surface area contributed by atoms with Gasteiger partial charge in [0.1, 0.15) is 5.75 Å². The Balaban J connectivity index is 2.19. The van der Waals surface area contributed by atoms with Crippen molar-refractivity contribution in [3.05, 3.63) is 23.8 Å².